The number of aromatic amines is 1. The van der Waals surface area contributed by atoms with Crippen molar-refractivity contribution in [3.8, 4) is 0 Å². The first kappa shape index (κ1) is 21.6. The van der Waals surface area contributed by atoms with Crippen molar-refractivity contribution in [1.29, 1.82) is 0 Å². The third kappa shape index (κ3) is 4.61. The Hall–Kier alpha value is -3.26. The Morgan fingerprint density at radius 3 is 2.55 bits per heavy atom. The first-order chi connectivity index (χ1) is 16.0. The van der Waals surface area contributed by atoms with Crippen molar-refractivity contribution in [2.24, 2.45) is 0 Å². The van der Waals surface area contributed by atoms with Gasteiger partial charge in [0.2, 0.25) is 0 Å². The van der Waals surface area contributed by atoms with Crippen LogP contribution in [0.4, 0.5) is 16.0 Å². The lowest BCUT2D eigenvalue weighted by molar-refractivity contribution is 0.221. The summed E-state index contributed by atoms with van der Waals surface area (Å²) in [6.07, 6.45) is 4.18. The quantitative estimate of drug-likeness (QED) is 0.443. The molecule has 0 radical (unpaired) electrons. The fourth-order valence-electron chi connectivity index (χ4n) is 4.56. The van der Waals surface area contributed by atoms with E-state index in [1.54, 1.807) is 6.07 Å². The number of anilines is 2. The van der Waals surface area contributed by atoms with Crippen LogP contribution in [0.5, 0.6) is 0 Å². The minimum atomic E-state index is -0.195. The molecule has 4 heterocycles. The number of nitrogens with one attached hydrogen (secondary N) is 2. The molecule has 3 aromatic heterocycles. The van der Waals surface area contributed by atoms with Gasteiger partial charge in [0.25, 0.3) is 0 Å². The van der Waals surface area contributed by atoms with E-state index in [0.717, 1.165) is 53.5 Å². The van der Waals surface area contributed by atoms with Gasteiger partial charge in [0.1, 0.15) is 5.82 Å². The number of hydrogen-bond donors (Lipinski definition) is 2. The van der Waals surface area contributed by atoms with Crippen LogP contribution in [0.25, 0.3) is 5.65 Å². The second-order valence-corrected chi connectivity index (χ2v) is 9.10. The Labute approximate surface area is 193 Å². The summed E-state index contributed by atoms with van der Waals surface area (Å²) in [6, 6.07) is 9.39. The molecular weight excluding hydrogens is 417 g/mol. The number of imidazole rings is 1. The maximum atomic E-state index is 14.7. The number of likely N-dealkylation sites (tertiary alicyclic amines) is 1. The van der Waals surface area contributed by atoms with Gasteiger partial charge in [-0.2, -0.15) is 5.10 Å². The van der Waals surface area contributed by atoms with Crippen LogP contribution in [0.2, 0.25) is 0 Å². The number of nitrogens with zero attached hydrogens (tertiary/aromatic N) is 5. The minimum Gasteiger partial charge on any atom is -0.322 e. The van der Waals surface area contributed by atoms with Crippen molar-refractivity contribution in [2.45, 2.75) is 53.0 Å². The summed E-state index contributed by atoms with van der Waals surface area (Å²) in [7, 11) is 0. The number of fused-ring (bicyclic) bond motifs is 1. The molecule has 0 atom stereocenters. The molecule has 0 saturated carbocycles. The Bertz CT molecular complexity index is 1280. The van der Waals surface area contributed by atoms with Gasteiger partial charge < -0.3 is 5.32 Å². The molecule has 5 rings (SSSR count). The monoisotopic (exact) mass is 447 g/mol. The van der Waals surface area contributed by atoms with E-state index >= 15 is 0 Å². The van der Waals surface area contributed by atoms with Crippen LogP contribution in [0.15, 0.2) is 30.3 Å². The molecule has 1 saturated heterocycles. The van der Waals surface area contributed by atoms with Gasteiger partial charge in [0, 0.05) is 30.3 Å². The van der Waals surface area contributed by atoms with Gasteiger partial charge in [-0.05, 0) is 70.0 Å². The average Bonchev–Trinajstić information content (AvgIpc) is 3.33. The predicted octanol–water partition coefficient (Wildman–Crippen LogP) is 4.84. The first-order valence-corrected chi connectivity index (χ1v) is 11.6. The zero-order valence-corrected chi connectivity index (χ0v) is 19.5. The minimum absolute atomic E-state index is 0.195. The van der Waals surface area contributed by atoms with Crippen LogP contribution in [0.3, 0.4) is 0 Å². The van der Waals surface area contributed by atoms with E-state index in [1.807, 2.05) is 43.5 Å². The standard InChI is InChI=1S/C25H30FN7/c1-16-7-8-19(21(26)11-16)13-22-18(3)27-25-20(15-32-9-5-4-6-10-32)14-24(31-33(22)25)28-23-12-17(2)29-30-23/h7-8,11-12,14H,4-6,9-10,13,15H2,1-3H3,(H2,28,29,30,31). The Morgan fingerprint density at radius 1 is 1.00 bits per heavy atom. The number of halogens is 1. The Morgan fingerprint density at radius 2 is 1.82 bits per heavy atom. The van der Waals surface area contributed by atoms with Crippen molar-refractivity contribution in [2.75, 3.05) is 18.4 Å². The van der Waals surface area contributed by atoms with Crippen molar-refractivity contribution >= 4 is 17.3 Å². The van der Waals surface area contributed by atoms with E-state index in [2.05, 4.69) is 26.5 Å². The maximum Gasteiger partial charge on any atom is 0.158 e. The Balaban J connectivity index is 1.57. The molecule has 33 heavy (non-hydrogen) atoms. The lowest BCUT2D eigenvalue weighted by Gasteiger charge is -2.26. The molecule has 0 spiro atoms. The third-order valence-electron chi connectivity index (χ3n) is 6.32. The van der Waals surface area contributed by atoms with Crippen molar-refractivity contribution in [3.63, 3.8) is 0 Å². The summed E-state index contributed by atoms with van der Waals surface area (Å²) in [4.78, 5) is 7.35. The van der Waals surface area contributed by atoms with Gasteiger partial charge in [0.05, 0.1) is 11.4 Å². The van der Waals surface area contributed by atoms with Crippen LogP contribution < -0.4 is 5.32 Å². The summed E-state index contributed by atoms with van der Waals surface area (Å²) in [5, 5.41) is 15.4. The van der Waals surface area contributed by atoms with Crippen molar-refractivity contribution < 1.29 is 4.39 Å². The lowest BCUT2D eigenvalue weighted by atomic mass is 10.1. The molecule has 0 bridgehead atoms. The molecule has 1 aliphatic rings. The molecule has 1 aliphatic heterocycles. The zero-order chi connectivity index (χ0) is 22.9. The van der Waals surface area contributed by atoms with E-state index in [-0.39, 0.29) is 5.82 Å². The van der Waals surface area contributed by atoms with Gasteiger partial charge in [0.15, 0.2) is 17.3 Å². The van der Waals surface area contributed by atoms with Crippen molar-refractivity contribution in [3.05, 3.63) is 69.9 Å². The number of benzene rings is 1. The SMILES string of the molecule is Cc1ccc(Cc2c(C)nc3c(CN4CCCCC4)cc(Nc4cc(C)[nH]n4)nn23)c(F)c1. The smallest absolute Gasteiger partial charge is 0.158 e. The molecule has 0 aliphatic carbocycles. The van der Waals surface area contributed by atoms with Crippen LogP contribution in [-0.2, 0) is 13.0 Å². The number of hydrogen-bond acceptors (Lipinski definition) is 5. The van der Waals surface area contributed by atoms with Gasteiger partial charge in [-0.1, -0.05) is 18.6 Å². The molecule has 2 N–H and O–H groups in total. The highest BCUT2D eigenvalue weighted by atomic mass is 19.1. The molecule has 7 nitrogen and oxygen atoms in total. The fraction of sp³-hybridized carbons (Fsp3) is 0.400. The lowest BCUT2D eigenvalue weighted by Crippen LogP contribution is -2.29. The topological polar surface area (TPSA) is 74.1 Å². The zero-order valence-electron chi connectivity index (χ0n) is 19.5. The molecule has 172 valence electrons. The second kappa shape index (κ2) is 8.94. The fourth-order valence-corrected chi connectivity index (χ4v) is 4.56. The number of aromatic nitrogens is 5. The van der Waals surface area contributed by atoms with E-state index in [0.29, 0.717) is 23.6 Å². The van der Waals surface area contributed by atoms with Crippen LogP contribution in [0.1, 0.15) is 53.0 Å². The summed E-state index contributed by atoms with van der Waals surface area (Å²) in [5.74, 6) is 1.22. The second-order valence-electron chi connectivity index (χ2n) is 9.10. The number of rotatable bonds is 6. The molecular formula is C25H30FN7. The molecule has 8 heteroatoms. The largest absolute Gasteiger partial charge is 0.322 e. The van der Waals surface area contributed by atoms with Gasteiger partial charge in [-0.25, -0.2) is 13.9 Å². The van der Waals surface area contributed by atoms with Crippen LogP contribution in [-0.4, -0.2) is 42.8 Å². The molecule has 1 aromatic carbocycles. The molecule has 4 aromatic rings. The van der Waals surface area contributed by atoms with E-state index in [1.165, 1.54) is 19.3 Å². The van der Waals surface area contributed by atoms with Gasteiger partial charge in [-0.15, -0.1) is 5.10 Å². The maximum absolute atomic E-state index is 14.7. The summed E-state index contributed by atoms with van der Waals surface area (Å²) in [5.41, 5.74) is 6.25. The van der Waals surface area contributed by atoms with Gasteiger partial charge in [-0.3, -0.25) is 10.00 Å². The number of H-pyrrole nitrogens is 1. The summed E-state index contributed by atoms with van der Waals surface area (Å²) < 4.78 is 16.5. The third-order valence-corrected chi connectivity index (χ3v) is 6.32. The highest BCUT2D eigenvalue weighted by molar-refractivity contribution is 5.59. The van der Waals surface area contributed by atoms with E-state index in [9.17, 15) is 4.39 Å². The Kier molecular flexibility index (Phi) is 5.85. The number of aryl methyl sites for hydroxylation is 3. The average molecular weight is 448 g/mol. The van der Waals surface area contributed by atoms with Crippen LogP contribution >= 0.6 is 0 Å². The summed E-state index contributed by atoms with van der Waals surface area (Å²) in [6.45, 7) is 8.84. The summed E-state index contributed by atoms with van der Waals surface area (Å²) >= 11 is 0. The highest BCUT2D eigenvalue weighted by Crippen LogP contribution is 2.25. The first-order valence-electron chi connectivity index (χ1n) is 11.6. The number of piperidine rings is 1. The highest BCUT2D eigenvalue weighted by Gasteiger charge is 2.19. The molecule has 1 fully saturated rings. The van der Waals surface area contributed by atoms with Crippen molar-refractivity contribution in [1.82, 2.24) is 29.7 Å². The predicted molar refractivity (Wildman–Crippen MR) is 127 cm³/mol. The van der Waals surface area contributed by atoms with E-state index in [4.69, 9.17) is 10.1 Å². The van der Waals surface area contributed by atoms with E-state index < -0.39 is 0 Å². The molecule has 0 amide bonds. The normalized spacial score (nSPS) is 14.8. The molecule has 0 unspecified atom stereocenters. The van der Waals surface area contributed by atoms with Crippen LogP contribution in [0, 0.1) is 26.6 Å². The van der Waals surface area contributed by atoms with Gasteiger partial charge >= 0.3 is 0 Å².